The van der Waals surface area contributed by atoms with E-state index in [4.69, 9.17) is 0 Å². The van der Waals surface area contributed by atoms with Crippen LogP contribution in [-0.2, 0) is 7.05 Å². The zero-order valence-corrected chi connectivity index (χ0v) is 16.7. The second-order valence-corrected chi connectivity index (χ2v) is 7.17. The Bertz CT molecular complexity index is 755. The molecule has 5 nitrogen and oxygen atoms in total. The molecule has 0 bridgehead atoms. The Morgan fingerprint density at radius 2 is 1.92 bits per heavy atom. The van der Waals surface area contributed by atoms with Crippen LogP contribution in [-0.4, -0.2) is 28.3 Å². The number of carbonyl (C=O) groups excluding carboxylic acids is 1. The summed E-state index contributed by atoms with van der Waals surface area (Å²) in [5.74, 6) is 1.44. The van der Waals surface area contributed by atoms with Crippen molar-refractivity contribution in [2.24, 2.45) is 13.0 Å². The molecule has 1 heterocycles. The molecule has 142 valence electrons. The van der Waals surface area contributed by atoms with Gasteiger partial charge in [0.1, 0.15) is 5.69 Å². The third-order valence-electron chi connectivity index (χ3n) is 4.99. The number of aromatic nitrogens is 2. The van der Waals surface area contributed by atoms with Gasteiger partial charge in [-0.15, -0.1) is 24.8 Å². The summed E-state index contributed by atoms with van der Waals surface area (Å²) in [6.45, 7) is 3.06. The molecule has 7 heteroatoms. The van der Waals surface area contributed by atoms with Gasteiger partial charge in [0, 0.05) is 24.7 Å². The fourth-order valence-electron chi connectivity index (χ4n) is 3.26. The van der Waals surface area contributed by atoms with E-state index >= 15 is 0 Å². The van der Waals surface area contributed by atoms with Crippen molar-refractivity contribution in [1.29, 1.82) is 0 Å². The third kappa shape index (κ3) is 4.78. The van der Waals surface area contributed by atoms with E-state index in [1.807, 2.05) is 19.1 Å². The minimum atomic E-state index is -0.124. The Kier molecular flexibility index (Phi) is 6.72. The molecule has 0 spiro atoms. The maximum atomic E-state index is 12.3. The molecule has 1 amide bonds. The summed E-state index contributed by atoms with van der Waals surface area (Å²) in [6, 6.07) is 10.7. The summed E-state index contributed by atoms with van der Waals surface area (Å²) < 4.78 is 1.61. The first kappa shape index (κ1) is 20.7. The molecule has 1 aromatic carbocycles. The molecule has 2 saturated carbocycles. The fraction of sp³-hybridized carbons (Fsp3) is 0.474. The second-order valence-electron chi connectivity index (χ2n) is 7.17. The van der Waals surface area contributed by atoms with Crippen LogP contribution >= 0.6 is 24.8 Å². The van der Waals surface area contributed by atoms with Crippen LogP contribution < -0.4 is 10.6 Å². The molecule has 4 rings (SSSR count). The minimum absolute atomic E-state index is 0. The zero-order valence-electron chi connectivity index (χ0n) is 15.1. The van der Waals surface area contributed by atoms with Gasteiger partial charge in [-0.05, 0) is 62.4 Å². The summed E-state index contributed by atoms with van der Waals surface area (Å²) in [5, 5.41) is 10.8. The van der Waals surface area contributed by atoms with Gasteiger partial charge in [-0.1, -0.05) is 12.1 Å². The maximum Gasteiger partial charge on any atom is 0.273 e. The highest BCUT2D eigenvalue weighted by Crippen LogP contribution is 2.41. The Labute approximate surface area is 166 Å². The van der Waals surface area contributed by atoms with Gasteiger partial charge in [-0.25, -0.2) is 0 Å². The summed E-state index contributed by atoms with van der Waals surface area (Å²) in [4.78, 5) is 12.3. The van der Waals surface area contributed by atoms with E-state index < -0.39 is 0 Å². The quantitative estimate of drug-likeness (QED) is 0.782. The first-order valence-electron chi connectivity index (χ1n) is 8.75. The lowest BCUT2D eigenvalue weighted by atomic mass is 10.1. The second kappa shape index (κ2) is 8.42. The summed E-state index contributed by atoms with van der Waals surface area (Å²) in [7, 11) is 1.78. The molecule has 2 aromatic rings. The normalized spacial score (nSPS) is 20.7. The van der Waals surface area contributed by atoms with E-state index in [1.54, 1.807) is 17.8 Å². The van der Waals surface area contributed by atoms with E-state index in [0.29, 0.717) is 17.7 Å². The smallest absolute Gasteiger partial charge is 0.273 e. The molecule has 2 aliphatic carbocycles. The molecule has 2 fully saturated rings. The summed E-state index contributed by atoms with van der Waals surface area (Å²) in [5.41, 5.74) is 3.60. The number of amides is 1. The van der Waals surface area contributed by atoms with Crippen molar-refractivity contribution >= 4 is 36.4 Å². The lowest BCUT2D eigenvalue weighted by Gasteiger charge is -2.07. The minimum Gasteiger partial charge on any atom is -0.321 e. The van der Waals surface area contributed by atoms with E-state index in [9.17, 15) is 4.79 Å². The highest BCUT2D eigenvalue weighted by Gasteiger charge is 2.38. The zero-order chi connectivity index (χ0) is 16.7. The van der Waals surface area contributed by atoms with Crippen LogP contribution in [0.5, 0.6) is 0 Å². The molecule has 2 N–H and O–H groups in total. The SMILES string of the molecule is Cc1cc(C(=O)Nc2ccc([C@@H]3C[C@H]3NCC3CC3)cc2)n(C)n1.Cl.Cl. The van der Waals surface area contributed by atoms with Crippen molar-refractivity contribution < 1.29 is 4.79 Å². The van der Waals surface area contributed by atoms with Crippen molar-refractivity contribution in [2.45, 2.75) is 38.1 Å². The van der Waals surface area contributed by atoms with Gasteiger partial charge < -0.3 is 10.6 Å². The van der Waals surface area contributed by atoms with Gasteiger partial charge in [0.15, 0.2) is 0 Å². The number of aryl methyl sites for hydroxylation is 2. The number of halogens is 2. The van der Waals surface area contributed by atoms with Crippen molar-refractivity contribution in [3.8, 4) is 0 Å². The number of nitrogens with zero attached hydrogens (tertiary/aromatic N) is 2. The lowest BCUT2D eigenvalue weighted by Crippen LogP contribution is -2.20. The highest BCUT2D eigenvalue weighted by molar-refractivity contribution is 6.03. The molecule has 2 atom stereocenters. The van der Waals surface area contributed by atoms with Gasteiger partial charge in [-0.3, -0.25) is 9.48 Å². The average Bonchev–Trinajstić information content (AvgIpc) is 3.45. The fourth-order valence-corrected chi connectivity index (χ4v) is 3.26. The molecular formula is C19H26Cl2N4O. The molecule has 2 aliphatic rings. The van der Waals surface area contributed by atoms with E-state index in [2.05, 4.69) is 27.9 Å². The number of hydrogen-bond acceptors (Lipinski definition) is 3. The number of benzene rings is 1. The van der Waals surface area contributed by atoms with Gasteiger partial charge in [-0.2, -0.15) is 5.10 Å². The molecule has 0 unspecified atom stereocenters. The molecular weight excluding hydrogens is 371 g/mol. The van der Waals surface area contributed by atoms with Crippen molar-refractivity contribution in [2.75, 3.05) is 11.9 Å². The first-order valence-corrected chi connectivity index (χ1v) is 8.75. The summed E-state index contributed by atoms with van der Waals surface area (Å²) in [6.07, 6.45) is 4.02. The largest absolute Gasteiger partial charge is 0.321 e. The monoisotopic (exact) mass is 396 g/mol. The van der Waals surface area contributed by atoms with Crippen LogP contribution in [0, 0.1) is 12.8 Å². The van der Waals surface area contributed by atoms with E-state index in [0.717, 1.165) is 17.3 Å². The number of hydrogen-bond donors (Lipinski definition) is 2. The van der Waals surface area contributed by atoms with Crippen molar-refractivity contribution in [3.05, 3.63) is 47.3 Å². The predicted octanol–water partition coefficient (Wildman–Crippen LogP) is 3.68. The van der Waals surface area contributed by atoms with Crippen LogP contribution in [0.25, 0.3) is 0 Å². The topological polar surface area (TPSA) is 59.0 Å². The highest BCUT2D eigenvalue weighted by atomic mass is 35.5. The summed E-state index contributed by atoms with van der Waals surface area (Å²) >= 11 is 0. The predicted molar refractivity (Wildman–Crippen MR) is 109 cm³/mol. The molecule has 26 heavy (non-hydrogen) atoms. The first-order chi connectivity index (χ1) is 11.6. The van der Waals surface area contributed by atoms with Gasteiger partial charge in [0.25, 0.3) is 5.91 Å². The van der Waals surface area contributed by atoms with Gasteiger partial charge >= 0.3 is 0 Å². The Morgan fingerprint density at radius 1 is 1.23 bits per heavy atom. The molecule has 0 radical (unpaired) electrons. The lowest BCUT2D eigenvalue weighted by molar-refractivity contribution is 0.101. The van der Waals surface area contributed by atoms with E-state index in [1.165, 1.54) is 31.4 Å². The molecule has 0 saturated heterocycles. The molecule has 1 aromatic heterocycles. The van der Waals surface area contributed by atoms with Crippen molar-refractivity contribution in [3.63, 3.8) is 0 Å². The van der Waals surface area contributed by atoms with Crippen LogP contribution in [0.4, 0.5) is 5.69 Å². The Morgan fingerprint density at radius 3 is 2.50 bits per heavy atom. The third-order valence-corrected chi connectivity index (χ3v) is 4.99. The maximum absolute atomic E-state index is 12.3. The van der Waals surface area contributed by atoms with Crippen LogP contribution in [0.15, 0.2) is 30.3 Å². The van der Waals surface area contributed by atoms with E-state index in [-0.39, 0.29) is 30.7 Å². The number of anilines is 1. The van der Waals surface area contributed by atoms with Crippen molar-refractivity contribution in [1.82, 2.24) is 15.1 Å². The number of carbonyl (C=O) groups is 1. The van der Waals surface area contributed by atoms with Crippen LogP contribution in [0.1, 0.15) is 46.9 Å². The average molecular weight is 397 g/mol. The van der Waals surface area contributed by atoms with Gasteiger partial charge in [0.05, 0.1) is 5.69 Å². The van der Waals surface area contributed by atoms with Crippen LogP contribution in [0.3, 0.4) is 0 Å². The van der Waals surface area contributed by atoms with Gasteiger partial charge in [0.2, 0.25) is 0 Å². The Hall–Kier alpha value is -1.56. The van der Waals surface area contributed by atoms with Crippen LogP contribution in [0.2, 0.25) is 0 Å². The number of nitrogens with one attached hydrogen (secondary N) is 2. The Balaban J connectivity index is 0.00000121. The standard InChI is InChI=1S/C19H24N4O.2ClH/c1-12-9-18(23(2)22-12)19(24)21-15-7-5-14(6-8-15)16-10-17(16)20-11-13-3-4-13;;/h5-9,13,16-17,20H,3-4,10-11H2,1-2H3,(H,21,24);2*1H/t16-,17+;;/m0../s1. The number of rotatable bonds is 6. The molecule has 0 aliphatic heterocycles.